The Hall–Kier alpha value is -3.33. The van der Waals surface area contributed by atoms with Crippen LogP contribution in [0.2, 0.25) is 0 Å². The van der Waals surface area contributed by atoms with Crippen molar-refractivity contribution in [2.24, 2.45) is 12.8 Å². The molecular formula is C24H33N7O2. The Morgan fingerprint density at radius 1 is 1.18 bits per heavy atom. The van der Waals surface area contributed by atoms with Gasteiger partial charge in [-0.3, -0.25) is 13.9 Å². The third-order valence-electron chi connectivity index (χ3n) is 6.24. The zero-order valence-electron chi connectivity index (χ0n) is 19.6. The Morgan fingerprint density at radius 3 is 2.58 bits per heavy atom. The van der Waals surface area contributed by atoms with Gasteiger partial charge >= 0.3 is 5.69 Å². The molecule has 3 aromatic rings. The van der Waals surface area contributed by atoms with Crippen molar-refractivity contribution in [1.29, 1.82) is 0 Å². The average molecular weight is 452 g/mol. The van der Waals surface area contributed by atoms with Crippen molar-refractivity contribution < 1.29 is 0 Å². The van der Waals surface area contributed by atoms with Crippen LogP contribution in [0.5, 0.6) is 0 Å². The number of nitrogens with two attached hydrogens (primary N) is 2. The van der Waals surface area contributed by atoms with Gasteiger partial charge < -0.3 is 20.9 Å². The van der Waals surface area contributed by atoms with Crippen LogP contribution in [-0.4, -0.2) is 37.8 Å². The summed E-state index contributed by atoms with van der Waals surface area (Å²) < 4.78 is 4.72. The van der Waals surface area contributed by atoms with Gasteiger partial charge in [-0.2, -0.15) is 4.98 Å². The van der Waals surface area contributed by atoms with Crippen LogP contribution in [0.1, 0.15) is 32.3 Å². The van der Waals surface area contributed by atoms with E-state index in [0.29, 0.717) is 42.3 Å². The van der Waals surface area contributed by atoms with Crippen LogP contribution < -0.4 is 27.6 Å². The minimum absolute atomic E-state index is 0.0656. The topological polar surface area (TPSA) is 117 Å². The highest BCUT2D eigenvalue weighted by Crippen LogP contribution is 2.23. The van der Waals surface area contributed by atoms with Crippen LogP contribution in [0, 0.1) is 0 Å². The summed E-state index contributed by atoms with van der Waals surface area (Å²) in [5.41, 5.74) is 15.0. The predicted octanol–water partition coefficient (Wildman–Crippen LogP) is 1.62. The fourth-order valence-electron chi connectivity index (χ4n) is 4.36. The Morgan fingerprint density at radius 2 is 1.91 bits per heavy atom. The number of piperidine rings is 1. The average Bonchev–Trinajstić information content (AvgIpc) is 3.17. The predicted molar refractivity (Wildman–Crippen MR) is 133 cm³/mol. The lowest BCUT2D eigenvalue weighted by molar-refractivity contribution is 0.495. The molecule has 1 atom stereocenters. The molecule has 1 aliphatic rings. The third kappa shape index (κ3) is 4.59. The Kier molecular flexibility index (Phi) is 6.42. The molecule has 2 aromatic heterocycles. The Labute approximate surface area is 192 Å². The normalized spacial score (nSPS) is 16.4. The zero-order valence-corrected chi connectivity index (χ0v) is 19.6. The number of benzene rings is 1. The largest absolute Gasteiger partial charge is 0.399 e. The van der Waals surface area contributed by atoms with Crippen LogP contribution >= 0.6 is 0 Å². The highest BCUT2D eigenvalue weighted by molar-refractivity contribution is 5.74. The van der Waals surface area contributed by atoms with Crippen LogP contribution in [0.25, 0.3) is 11.2 Å². The van der Waals surface area contributed by atoms with Gasteiger partial charge in [0.15, 0.2) is 11.2 Å². The van der Waals surface area contributed by atoms with E-state index >= 15 is 0 Å². The number of aromatic nitrogens is 4. The smallest absolute Gasteiger partial charge is 0.332 e. The quantitative estimate of drug-likeness (QED) is 0.434. The summed E-state index contributed by atoms with van der Waals surface area (Å²) in [6, 6.07) is 7.55. The molecule has 1 aliphatic heterocycles. The second-order valence-electron chi connectivity index (χ2n) is 9.11. The summed E-state index contributed by atoms with van der Waals surface area (Å²) in [6.07, 6.45) is 4.56. The highest BCUT2D eigenvalue weighted by Gasteiger charge is 2.26. The first-order valence-electron chi connectivity index (χ1n) is 11.4. The van der Waals surface area contributed by atoms with E-state index in [9.17, 15) is 9.59 Å². The summed E-state index contributed by atoms with van der Waals surface area (Å²) in [4.78, 5) is 33.6. The monoisotopic (exact) mass is 451 g/mol. The lowest BCUT2D eigenvalue weighted by Crippen LogP contribution is -2.44. The number of nitrogen functional groups attached to an aromatic ring is 1. The summed E-state index contributed by atoms with van der Waals surface area (Å²) in [6.45, 7) is 6.34. The number of allylic oxidation sites excluding steroid dienone is 2. The minimum Gasteiger partial charge on any atom is -0.399 e. The van der Waals surface area contributed by atoms with Gasteiger partial charge in [-0.25, -0.2) is 4.79 Å². The number of rotatable bonds is 6. The van der Waals surface area contributed by atoms with E-state index in [0.717, 1.165) is 30.5 Å². The summed E-state index contributed by atoms with van der Waals surface area (Å²) in [7, 11) is 1.67. The maximum atomic E-state index is 13.6. The van der Waals surface area contributed by atoms with Crippen molar-refractivity contribution in [3.63, 3.8) is 0 Å². The molecule has 4 rings (SSSR count). The molecule has 0 bridgehead atoms. The van der Waals surface area contributed by atoms with Gasteiger partial charge in [0, 0.05) is 45.0 Å². The lowest BCUT2D eigenvalue weighted by atomic mass is 10.1. The molecule has 176 valence electrons. The maximum Gasteiger partial charge on any atom is 0.332 e. The molecule has 1 fully saturated rings. The van der Waals surface area contributed by atoms with E-state index in [1.165, 1.54) is 9.13 Å². The molecule has 0 radical (unpaired) electrons. The molecule has 1 saturated heterocycles. The Balaban J connectivity index is 1.83. The number of hydrogen-bond donors (Lipinski definition) is 2. The van der Waals surface area contributed by atoms with E-state index in [1.54, 1.807) is 7.05 Å². The van der Waals surface area contributed by atoms with E-state index in [2.05, 4.69) is 11.0 Å². The van der Waals surface area contributed by atoms with E-state index in [-0.39, 0.29) is 23.8 Å². The molecule has 0 spiro atoms. The number of fused-ring (bicyclic) bond motifs is 1. The summed E-state index contributed by atoms with van der Waals surface area (Å²) in [5, 5.41) is 0. The highest BCUT2D eigenvalue weighted by atomic mass is 16.2. The molecule has 9 heteroatoms. The standard InChI is InChI=1S/C24H33N7O2/c1-16(2)10-13-30-20-21(27-23(30)29-12-4-5-19(26)15-29)28(3)24(33)31(22(20)32)14-11-17-6-8-18(25)9-7-17/h6-10,19H,4-5,11-15,25-26H2,1-3H3. The van der Waals surface area contributed by atoms with Crippen molar-refractivity contribution >= 4 is 22.8 Å². The molecule has 1 unspecified atom stereocenters. The third-order valence-corrected chi connectivity index (χ3v) is 6.24. The van der Waals surface area contributed by atoms with E-state index < -0.39 is 0 Å². The number of nitrogens with zero attached hydrogens (tertiary/aromatic N) is 5. The van der Waals surface area contributed by atoms with Crippen LogP contribution in [0.15, 0.2) is 45.5 Å². The van der Waals surface area contributed by atoms with E-state index in [1.807, 2.05) is 42.7 Å². The first kappa shape index (κ1) is 22.8. The van der Waals surface area contributed by atoms with Crippen molar-refractivity contribution in [3.8, 4) is 0 Å². The van der Waals surface area contributed by atoms with Crippen molar-refractivity contribution in [3.05, 3.63) is 62.3 Å². The van der Waals surface area contributed by atoms with Crippen molar-refractivity contribution in [1.82, 2.24) is 18.7 Å². The van der Waals surface area contributed by atoms with E-state index in [4.69, 9.17) is 16.5 Å². The second-order valence-corrected chi connectivity index (χ2v) is 9.11. The summed E-state index contributed by atoms with van der Waals surface area (Å²) >= 11 is 0. The number of imidazole rings is 1. The van der Waals surface area contributed by atoms with Crippen molar-refractivity contribution in [2.75, 3.05) is 23.7 Å². The first-order chi connectivity index (χ1) is 15.8. The number of aryl methyl sites for hydroxylation is 2. The van der Waals surface area contributed by atoms with Gasteiger partial charge in [0.2, 0.25) is 5.95 Å². The molecule has 9 nitrogen and oxygen atoms in total. The van der Waals surface area contributed by atoms with Gasteiger partial charge in [0.25, 0.3) is 5.56 Å². The van der Waals surface area contributed by atoms with Crippen LogP contribution in [-0.2, 0) is 26.6 Å². The number of hydrogen-bond acceptors (Lipinski definition) is 6. The van der Waals surface area contributed by atoms with Gasteiger partial charge in [0.05, 0.1) is 0 Å². The fraction of sp³-hybridized carbons (Fsp3) is 0.458. The SMILES string of the molecule is CC(C)=CCn1c(N2CCCC(N)C2)nc2c1c(=O)n(CCc1ccc(N)cc1)c(=O)n2C. The van der Waals surface area contributed by atoms with Gasteiger partial charge in [-0.15, -0.1) is 0 Å². The van der Waals surface area contributed by atoms with Crippen molar-refractivity contribution in [2.45, 2.75) is 52.2 Å². The molecule has 0 amide bonds. The first-order valence-corrected chi connectivity index (χ1v) is 11.4. The van der Waals surface area contributed by atoms with Crippen LogP contribution in [0.3, 0.4) is 0 Å². The molecule has 3 heterocycles. The lowest BCUT2D eigenvalue weighted by Gasteiger charge is -2.31. The Bertz CT molecular complexity index is 1290. The summed E-state index contributed by atoms with van der Waals surface area (Å²) in [5.74, 6) is 0.695. The van der Waals surface area contributed by atoms with Crippen LogP contribution in [0.4, 0.5) is 11.6 Å². The van der Waals surface area contributed by atoms with Gasteiger partial charge in [-0.05, 0) is 50.8 Å². The number of anilines is 2. The second kappa shape index (κ2) is 9.27. The molecule has 4 N–H and O–H groups in total. The fourth-order valence-corrected chi connectivity index (χ4v) is 4.36. The van der Waals surface area contributed by atoms with Gasteiger partial charge in [0.1, 0.15) is 0 Å². The molecule has 0 saturated carbocycles. The molecular weight excluding hydrogens is 418 g/mol. The molecule has 1 aromatic carbocycles. The maximum absolute atomic E-state index is 13.6. The molecule has 33 heavy (non-hydrogen) atoms. The minimum atomic E-state index is -0.364. The van der Waals surface area contributed by atoms with Gasteiger partial charge in [-0.1, -0.05) is 23.8 Å². The zero-order chi connectivity index (χ0) is 23.7. The molecule has 0 aliphatic carbocycles.